The van der Waals surface area contributed by atoms with Gasteiger partial charge in [-0.15, -0.1) is 0 Å². The zero-order valence-corrected chi connectivity index (χ0v) is 18.0. The number of amides is 2. The fraction of sp³-hybridized carbons (Fsp3) is 0.391. The van der Waals surface area contributed by atoms with Gasteiger partial charge in [0.25, 0.3) is 11.8 Å². The second-order valence-electron chi connectivity index (χ2n) is 7.69. The van der Waals surface area contributed by atoms with E-state index in [0.717, 1.165) is 25.9 Å². The van der Waals surface area contributed by atoms with Crippen LogP contribution in [-0.4, -0.2) is 44.7 Å². The number of carbonyl (C=O) groups is 2. The number of anilines is 2. The number of carbonyl (C=O) groups excluding carboxylic acids is 2. The Balaban J connectivity index is 1.66. The maximum Gasteiger partial charge on any atom is 0.258 e. The molecule has 7 nitrogen and oxygen atoms in total. The van der Waals surface area contributed by atoms with Gasteiger partial charge < -0.3 is 25.0 Å². The predicted molar refractivity (Wildman–Crippen MR) is 118 cm³/mol. The smallest absolute Gasteiger partial charge is 0.258 e. The predicted octanol–water partition coefficient (Wildman–Crippen LogP) is 3.59. The minimum atomic E-state index is -0.407. The summed E-state index contributed by atoms with van der Waals surface area (Å²) in [7, 11) is 1.45. The zero-order chi connectivity index (χ0) is 22.4. The minimum Gasteiger partial charge on any atom is -0.493 e. The van der Waals surface area contributed by atoms with Gasteiger partial charge in [0.1, 0.15) is 5.82 Å². The van der Waals surface area contributed by atoms with Gasteiger partial charge >= 0.3 is 0 Å². The van der Waals surface area contributed by atoms with Crippen molar-refractivity contribution in [3.8, 4) is 11.5 Å². The number of benzene rings is 2. The van der Waals surface area contributed by atoms with Crippen LogP contribution in [0, 0.1) is 5.82 Å². The maximum atomic E-state index is 14.5. The quantitative estimate of drug-likeness (QED) is 0.670. The normalized spacial score (nSPS) is 13.3. The Morgan fingerprint density at radius 2 is 1.84 bits per heavy atom. The molecule has 0 spiro atoms. The van der Waals surface area contributed by atoms with Crippen LogP contribution in [0.1, 0.15) is 37.0 Å². The molecule has 1 fully saturated rings. The van der Waals surface area contributed by atoms with Gasteiger partial charge in [-0.3, -0.25) is 9.59 Å². The first kappa shape index (κ1) is 22.4. The molecule has 8 heteroatoms. The molecular weight excluding hydrogens is 401 g/mol. The van der Waals surface area contributed by atoms with E-state index in [1.807, 2.05) is 18.7 Å². The molecule has 3 rings (SSSR count). The zero-order valence-electron chi connectivity index (χ0n) is 18.0. The van der Waals surface area contributed by atoms with Crippen molar-refractivity contribution >= 4 is 23.2 Å². The Bertz CT molecular complexity index is 942. The van der Waals surface area contributed by atoms with E-state index >= 15 is 0 Å². The van der Waals surface area contributed by atoms with Crippen LogP contribution in [0.5, 0.6) is 11.5 Å². The minimum absolute atomic E-state index is 0.0123. The lowest BCUT2D eigenvalue weighted by Crippen LogP contribution is -2.34. The Labute approximate surface area is 181 Å². The van der Waals surface area contributed by atoms with Crippen molar-refractivity contribution in [2.75, 3.05) is 37.0 Å². The molecule has 2 amide bonds. The summed E-state index contributed by atoms with van der Waals surface area (Å²) in [6.07, 6.45) is 2.11. The van der Waals surface area contributed by atoms with Gasteiger partial charge in [0.2, 0.25) is 0 Å². The van der Waals surface area contributed by atoms with Gasteiger partial charge in [-0.25, -0.2) is 4.39 Å². The van der Waals surface area contributed by atoms with E-state index in [-0.39, 0.29) is 24.4 Å². The average Bonchev–Trinajstić information content (AvgIpc) is 3.26. The molecule has 0 bridgehead atoms. The monoisotopic (exact) mass is 429 g/mol. The molecule has 2 N–H and O–H groups in total. The standard InChI is InChI=1S/C23H28FN3O4/c1-15(2)25-22(28)14-31-20-9-6-16(12-21(20)30-3)23(29)26-17-7-8-19(18(24)13-17)27-10-4-5-11-27/h6-9,12-13,15H,4-5,10-11,14H2,1-3H3,(H,25,28)(H,26,29). The third-order valence-corrected chi connectivity index (χ3v) is 4.89. The van der Waals surface area contributed by atoms with Gasteiger partial charge in [-0.05, 0) is 63.1 Å². The summed E-state index contributed by atoms with van der Waals surface area (Å²) >= 11 is 0. The Morgan fingerprint density at radius 1 is 1.10 bits per heavy atom. The highest BCUT2D eigenvalue weighted by molar-refractivity contribution is 6.04. The van der Waals surface area contributed by atoms with Crippen molar-refractivity contribution in [1.29, 1.82) is 0 Å². The van der Waals surface area contributed by atoms with Crippen LogP contribution in [0.2, 0.25) is 0 Å². The first-order chi connectivity index (χ1) is 14.9. The Hall–Kier alpha value is -3.29. The number of ether oxygens (including phenoxy) is 2. The SMILES string of the molecule is COc1cc(C(=O)Nc2ccc(N3CCCC3)c(F)c2)ccc1OCC(=O)NC(C)C. The molecule has 0 unspecified atom stereocenters. The Kier molecular flexibility index (Phi) is 7.33. The molecule has 0 saturated carbocycles. The first-order valence-corrected chi connectivity index (χ1v) is 10.3. The molecule has 1 heterocycles. The molecule has 1 saturated heterocycles. The number of halogens is 1. The summed E-state index contributed by atoms with van der Waals surface area (Å²) < 4.78 is 25.3. The second-order valence-corrected chi connectivity index (χ2v) is 7.69. The van der Waals surface area contributed by atoms with Crippen molar-refractivity contribution < 1.29 is 23.5 Å². The lowest BCUT2D eigenvalue weighted by Gasteiger charge is -2.19. The van der Waals surface area contributed by atoms with Gasteiger partial charge in [0.05, 0.1) is 12.8 Å². The van der Waals surface area contributed by atoms with Crippen LogP contribution in [-0.2, 0) is 4.79 Å². The van der Waals surface area contributed by atoms with Gasteiger partial charge in [0, 0.05) is 30.4 Å². The molecule has 0 aromatic heterocycles. The summed E-state index contributed by atoms with van der Waals surface area (Å²) in [5, 5.41) is 5.43. The van der Waals surface area contributed by atoms with Crippen molar-refractivity contribution in [3.63, 3.8) is 0 Å². The highest BCUT2D eigenvalue weighted by Gasteiger charge is 2.17. The number of hydrogen-bond donors (Lipinski definition) is 2. The molecule has 1 aliphatic rings. The van der Waals surface area contributed by atoms with Gasteiger partial charge in [-0.2, -0.15) is 0 Å². The van der Waals surface area contributed by atoms with E-state index < -0.39 is 5.91 Å². The first-order valence-electron chi connectivity index (χ1n) is 10.3. The van der Waals surface area contributed by atoms with Gasteiger partial charge in [-0.1, -0.05) is 0 Å². The highest BCUT2D eigenvalue weighted by atomic mass is 19.1. The van der Waals surface area contributed by atoms with Crippen LogP contribution >= 0.6 is 0 Å². The van der Waals surface area contributed by atoms with E-state index in [0.29, 0.717) is 28.4 Å². The molecular formula is C23H28FN3O4. The molecule has 1 aliphatic heterocycles. The lowest BCUT2D eigenvalue weighted by atomic mass is 10.1. The third-order valence-electron chi connectivity index (χ3n) is 4.89. The molecule has 0 aliphatic carbocycles. The largest absolute Gasteiger partial charge is 0.493 e. The molecule has 31 heavy (non-hydrogen) atoms. The summed E-state index contributed by atoms with van der Waals surface area (Å²) in [5.74, 6) is -0.353. The lowest BCUT2D eigenvalue weighted by molar-refractivity contribution is -0.123. The maximum absolute atomic E-state index is 14.5. The number of rotatable bonds is 8. The van der Waals surface area contributed by atoms with Crippen molar-refractivity contribution in [1.82, 2.24) is 5.32 Å². The van der Waals surface area contributed by atoms with Gasteiger partial charge in [0.15, 0.2) is 18.1 Å². The summed E-state index contributed by atoms with van der Waals surface area (Å²) in [6, 6.07) is 9.36. The van der Waals surface area contributed by atoms with Crippen LogP contribution in [0.4, 0.5) is 15.8 Å². The molecule has 2 aromatic rings. The second kappa shape index (κ2) is 10.1. The van der Waals surface area contributed by atoms with E-state index in [1.165, 1.54) is 19.2 Å². The summed E-state index contributed by atoms with van der Waals surface area (Å²) in [6.45, 7) is 5.24. The average molecular weight is 429 g/mol. The number of methoxy groups -OCH3 is 1. The molecule has 0 atom stereocenters. The van der Waals surface area contributed by atoms with Crippen molar-refractivity contribution in [2.24, 2.45) is 0 Å². The number of nitrogens with one attached hydrogen (secondary N) is 2. The summed E-state index contributed by atoms with van der Waals surface area (Å²) in [5.41, 5.74) is 1.25. The topological polar surface area (TPSA) is 79.9 Å². The number of nitrogens with zero attached hydrogens (tertiary/aromatic N) is 1. The van der Waals surface area contributed by atoms with Crippen LogP contribution in [0.3, 0.4) is 0 Å². The van der Waals surface area contributed by atoms with Crippen molar-refractivity contribution in [3.05, 3.63) is 47.8 Å². The highest BCUT2D eigenvalue weighted by Crippen LogP contribution is 2.29. The molecule has 2 aromatic carbocycles. The molecule has 0 radical (unpaired) electrons. The Morgan fingerprint density at radius 3 is 2.48 bits per heavy atom. The van der Waals surface area contributed by atoms with Crippen LogP contribution < -0.4 is 25.0 Å². The summed E-state index contributed by atoms with van der Waals surface area (Å²) in [4.78, 5) is 26.4. The third kappa shape index (κ3) is 5.87. The van der Waals surface area contributed by atoms with E-state index in [9.17, 15) is 14.0 Å². The fourth-order valence-electron chi connectivity index (χ4n) is 3.44. The van der Waals surface area contributed by atoms with E-state index in [1.54, 1.807) is 24.3 Å². The van der Waals surface area contributed by atoms with Crippen LogP contribution in [0.25, 0.3) is 0 Å². The number of hydrogen-bond acceptors (Lipinski definition) is 5. The van der Waals surface area contributed by atoms with E-state index in [2.05, 4.69) is 10.6 Å². The molecule has 166 valence electrons. The fourth-order valence-corrected chi connectivity index (χ4v) is 3.44. The van der Waals surface area contributed by atoms with E-state index in [4.69, 9.17) is 9.47 Å². The van der Waals surface area contributed by atoms with Crippen LogP contribution in [0.15, 0.2) is 36.4 Å². The van der Waals surface area contributed by atoms with Crippen molar-refractivity contribution in [2.45, 2.75) is 32.7 Å².